The highest BCUT2D eigenvalue weighted by Crippen LogP contribution is 2.37. The number of halogens is 1. The van der Waals surface area contributed by atoms with Crippen LogP contribution in [0.1, 0.15) is 27.7 Å². The number of hydrogen-bond acceptors (Lipinski definition) is 6. The number of hydrogen-bond donors (Lipinski definition) is 5. The van der Waals surface area contributed by atoms with E-state index in [4.69, 9.17) is 11.6 Å². The third-order valence-electron chi connectivity index (χ3n) is 5.45. The summed E-state index contributed by atoms with van der Waals surface area (Å²) in [7, 11) is 0. The average Bonchev–Trinajstić information content (AvgIpc) is 3.41. The zero-order valence-electron chi connectivity index (χ0n) is 16.4. The largest absolute Gasteiger partial charge is 0.395 e. The Morgan fingerprint density at radius 3 is 2.77 bits per heavy atom. The molecule has 0 saturated heterocycles. The van der Waals surface area contributed by atoms with Gasteiger partial charge in [-0.25, -0.2) is 0 Å². The molecule has 0 aliphatic heterocycles. The van der Waals surface area contributed by atoms with Gasteiger partial charge in [0.2, 0.25) is 0 Å². The average molecular weight is 464 g/mol. The Kier molecular flexibility index (Phi) is 6.31. The molecule has 3 aromatic rings. The molecule has 0 bridgehead atoms. The van der Waals surface area contributed by atoms with E-state index in [1.54, 1.807) is 12.1 Å². The van der Waals surface area contributed by atoms with Crippen LogP contribution in [0.3, 0.4) is 0 Å². The molecular formula is C21H22ClN3O5S. The third-order valence-corrected chi connectivity index (χ3v) is 6.65. The molecule has 1 aliphatic carbocycles. The Balaban J connectivity index is 1.63. The molecular weight excluding hydrogens is 442 g/mol. The number of nitrogens with zero attached hydrogens (tertiary/aromatic N) is 1. The molecule has 10 heteroatoms. The van der Waals surface area contributed by atoms with Crippen LogP contribution in [0, 0.1) is 0 Å². The maximum Gasteiger partial charge on any atom is 0.268 e. The monoisotopic (exact) mass is 463 g/mol. The number of fused-ring (bicyclic) bond motifs is 2. The number of benzene rings is 1. The maximum absolute atomic E-state index is 13.0. The van der Waals surface area contributed by atoms with E-state index >= 15 is 0 Å². The maximum atomic E-state index is 13.0. The van der Waals surface area contributed by atoms with Gasteiger partial charge in [-0.1, -0.05) is 35.9 Å². The lowest BCUT2D eigenvalue weighted by atomic mass is 10.0. The molecule has 164 valence electrons. The molecule has 0 fully saturated rings. The molecule has 2 amide bonds. The lowest BCUT2D eigenvalue weighted by molar-refractivity contribution is -0.145. The van der Waals surface area contributed by atoms with Crippen molar-refractivity contribution >= 4 is 45.0 Å². The number of aliphatic hydroxyl groups excluding tert-OH is 3. The molecule has 0 saturated carbocycles. The minimum atomic E-state index is -1.60. The number of amides is 2. The van der Waals surface area contributed by atoms with E-state index < -0.39 is 30.7 Å². The second-order valence-electron chi connectivity index (χ2n) is 7.40. The Bertz CT molecular complexity index is 1080. The first-order valence-corrected chi connectivity index (χ1v) is 11.0. The topological polar surface area (TPSA) is 126 Å². The molecule has 0 spiro atoms. The molecule has 31 heavy (non-hydrogen) atoms. The SMILES string of the molecule is O=C(N[C@@H]1Cc2ccccc2[C@H]1N(CCO)C(=O)[C@H](O)CO)c1cc2cc(Cl)sc2[nH]1. The summed E-state index contributed by atoms with van der Waals surface area (Å²) in [6, 6.07) is 9.93. The van der Waals surface area contributed by atoms with E-state index in [0.717, 1.165) is 21.3 Å². The lowest BCUT2D eigenvalue weighted by Gasteiger charge is -2.34. The number of carbonyl (C=O) groups is 2. The minimum absolute atomic E-state index is 0.0437. The molecule has 1 aliphatic rings. The standard InChI is InChI=1S/C21H22ClN3O5S/c22-17-9-12-8-15(24-20(12)31-17)19(29)23-14-7-11-3-1-2-4-13(11)18(14)25(5-6-26)21(30)16(28)10-27/h1-4,8-9,14,16,18,24,26-28H,5-7,10H2,(H,23,29)/t14-,16-,18-/m1/s1. The summed E-state index contributed by atoms with van der Waals surface area (Å²) in [5.74, 6) is -1.03. The van der Waals surface area contributed by atoms with Crippen molar-refractivity contribution in [3.8, 4) is 0 Å². The highest BCUT2D eigenvalue weighted by molar-refractivity contribution is 7.22. The van der Waals surface area contributed by atoms with Crippen molar-refractivity contribution in [2.45, 2.75) is 24.6 Å². The van der Waals surface area contributed by atoms with Crippen molar-refractivity contribution in [2.24, 2.45) is 0 Å². The van der Waals surface area contributed by atoms with Crippen molar-refractivity contribution in [2.75, 3.05) is 19.8 Å². The molecule has 0 unspecified atom stereocenters. The predicted octanol–water partition coefficient (Wildman–Crippen LogP) is 1.45. The van der Waals surface area contributed by atoms with Gasteiger partial charge < -0.3 is 30.5 Å². The van der Waals surface area contributed by atoms with Crippen molar-refractivity contribution in [3.63, 3.8) is 0 Å². The van der Waals surface area contributed by atoms with Gasteiger partial charge in [-0.15, -0.1) is 11.3 Å². The van der Waals surface area contributed by atoms with Gasteiger partial charge in [0, 0.05) is 11.9 Å². The van der Waals surface area contributed by atoms with Gasteiger partial charge >= 0.3 is 0 Å². The van der Waals surface area contributed by atoms with Crippen LogP contribution >= 0.6 is 22.9 Å². The minimum Gasteiger partial charge on any atom is -0.395 e. The van der Waals surface area contributed by atoms with Crippen LogP contribution in [0.4, 0.5) is 0 Å². The van der Waals surface area contributed by atoms with Crippen LogP contribution in [0.5, 0.6) is 0 Å². The van der Waals surface area contributed by atoms with E-state index in [9.17, 15) is 24.9 Å². The molecule has 2 aromatic heterocycles. The van der Waals surface area contributed by atoms with Crippen molar-refractivity contribution in [1.82, 2.24) is 15.2 Å². The van der Waals surface area contributed by atoms with Crippen LogP contribution in [0.25, 0.3) is 10.2 Å². The first-order valence-electron chi connectivity index (χ1n) is 9.80. The summed E-state index contributed by atoms with van der Waals surface area (Å²) >= 11 is 7.34. The quantitative estimate of drug-likeness (QED) is 0.362. The first-order chi connectivity index (χ1) is 14.9. The van der Waals surface area contributed by atoms with E-state index in [1.165, 1.54) is 16.2 Å². The van der Waals surface area contributed by atoms with Gasteiger partial charge in [-0.2, -0.15) is 0 Å². The summed E-state index contributed by atoms with van der Waals surface area (Å²) < 4.78 is 0.625. The number of thiophene rings is 1. The second-order valence-corrected chi connectivity index (χ2v) is 9.08. The number of aliphatic hydroxyl groups is 3. The van der Waals surface area contributed by atoms with Crippen molar-refractivity contribution in [3.05, 3.63) is 57.6 Å². The van der Waals surface area contributed by atoms with E-state index in [2.05, 4.69) is 10.3 Å². The van der Waals surface area contributed by atoms with Crippen LogP contribution < -0.4 is 5.32 Å². The van der Waals surface area contributed by atoms with Gasteiger partial charge in [-0.3, -0.25) is 9.59 Å². The summed E-state index contributed by atoms with van der Waals surface area (Å²) in [4.78, 5) is 30.9. The van der Waals surface area contributed by atoms with Crippen molar-refractivity contribution < 1.29 is 24.9 Å². The fourth-order valence-corrected chi connectivity index (χ4v) is 5.24. The van der Waals surface area contributed by atoms with Crippen molar-refractivity contribution in [1.29, 1.82) is 0 Å². The first kappa shape index (κ1) is 21.8. The van der Waals surface area contributed by atoms with E-state index in [-0.39, 0.29) is 19.1 Å². The highest BCUT2D eigenvalue weighted by Gasteiger charge is 2.40. The van der Waals surface area contributed by atoms with Gasteiger partial charge in [0.15, 0.2) is 6.10 Å². The third kappa shape index (κ3) is 4.19. The normalized spacial score (nSPS) is 18.7. The predicted molar refractivity (Wildman–Crippen MR) is 117 cm³/mol. The molecule has 5 N–H and O–H groups in total. The lowest BCUT2D eigenvalue weighted by Crippen LogP contribution is -2.50. The Hall–Kier alpha value is -2.43. The number of aromatic nitrogens is 1. The van der Waals surface area contributed by atoms with Crippen LogP contribution in [-0.2, 0) is 11.2 Å². The molecule has 4 rings (SSSR count). The van der Waals surface area contributed by atoms with E-state index in [1.807, 2.05) is 24.3 Å². The molecule has 3 atom stereocenters. The zero-order chi connectivity index (χ0) is 22.1. The van der Waals surface area contributed by atoms with Crippen LogP contribution in [-0.4, -0.2) is 68.9 Å². The molecule has 1 aromatic carbocycles. The van der Waals surface area contributed by atoms with E-state index in [0.29, 0.717) is 16.5 Å². The second kappa shape index (κ2) is 8.97. The van der Waals surface area contributed by atoms with Gasteiger partial charge in [0.25, 0.3) is 11.8 Å². The fraction of sp³-hybridized carbons (Fsp3) is 0.333. The van der Waals surface area contributed by atoms with Gasteiger partial charge in [0.05, 0.1) is 29.6 Å². The zero-order valence-corrected chi connectivity index (χ0v) is 18.0. The molecule has 2 heterocycles. The highest BCUT2D eigenvalue weighted by atomic mass is 35.5. The summed E-state index contributed by atoms with van der Waals surface area (Å²) in [6.07, 6.45) is -1.12. The van der Waals surface area contributed by atoms with Gasteiger partial charge in [0.1, 0.15) is 10.5 Å². The summed E-state index contributed by atoms with van der Waals surface area (Å²) in [6.45, 7) is -1.09. The fourth-order valence-electron chi connectivity index (χ4n) is 4.11. The number of H-pyrrole nitrogens is 1. The summed E-state index contributed by atoms with van der Waals surface area (Å²) in [5, 5.41) is 32.5. The number of rotatable bonds is 7. The summed E-state index contributed by atoms with van der Waals surface area (Å²) in [5.41, 5.74) is 2.17. The van der Waals surface area contributed by atoms with Crippen LogP contribution in [0.2, 0.25) is 4.34 Å². The Labute approximate surface area is 187 Å². The molecule has 0 radical (unpaired) electrons. The number of carbonyl (C=O) groups excluding carboxylic acids is 2. The number of aromatic amines is 1. The Morgan fingerprint density at radius 1 is 1.29 bits per heavy atom. The molecule has 8 nitrogen and oxygen atoms in total. The van der Waals surface area contributed by atoms with Crippen LogP contribution in [0.15, 0.2) is 36.4 Å². The smallest absolute Gasteiger partial charge is 0.268 e. The van der Waals surface area contributed by atoms with Gasteiger partial charge in [-0.05, 0) is 29.7 Å². The Morgan fingerprint density at radius 2 is 2.06 bits per heavy atom. The number of nitrogens with one attached hydrogen (secondary N) is 2.